The Bertz CT molecular complexity index is 440. The number of ether oxygens (including phenoxy) is 2. The molecule has 5 nitrogen and oxygen atoms in total. The fourth-order valence-electron chi connectivity index (χ4n) is 2.42. The first kappa shape index (κ1) is 21.7. The maximum atomic E-state index is 12.3. The van der Waals surface area contributed by atoms with Gasteiger partial charge in [0.1, 0.15) is 5.75 Å². The van der Waals surface area contributed by atoms with Gasteiger partial charge in [0, 0.05) is 26.2 Å². The first-order chi connectivity index (χ1) is 10.6. The fraction of sp³-hybridized carbons (Fsp3) is 0.588. The Kier molecular flexibility index (Phi) is 11.5. The lowest BCUT2D eigenvalue weighted by Gasteiger charge is -2.28. The molecule has 0 fully saturated rings. The van der Waals surface area contributed by atoms with Crippen LogP contribution in [0, 0.1) is 0 Å². The summed E-state index contributed by atoms with van der Waals surface area (Å²) in [5.41, 5.74) is 1.20. The Morgan fingerprint density at radius 3 is 2.43 bits per heavy atom. The third kappa shape index (κ3) is 7.68. The molecule has 6 heteroatoms. The molecule has 0 aromatic heterocycles. The standard InChI is InChI=1S/C17H28N2O3.ClH/c1-5-19(17(20)13-18-10-11-21-3)14(2)12-15-6-8-16(22-4)9-7-15;/h6-9,14,18H,5,10-13H2,1-4H3;1H. The molecular weight excluding hydrogens is 316 g/mol. The lowest BCUT2D eigenvalue weighted by atomic mass is 10.1. The third-order valence-electron chi connectivity index (χ3n) is 3.64. The predicted octanol–water partition coefficient (Wildman–Crippen LogP) is 2.13. The van der Waals surface area contributed by atoms with Crippen LogP contribution in [0.5, 0.6) is 5.75 Å². The van der Waals surface area contributed by atoms with Crippen molar-refractivity contribution in [1.82, 2.24) is 10.2 Å². The van der Waals surface area contributed by atoms with Crippen LogP contribution in [-0.4, -0.2) is 57.3 Å². The van der Waals surface area contributed by atoms with E-state index in [0.717, 1.165) is 12.2 Å². The maximum Gasteiger partial charge on any atom is 0.236 e. The molecule has 0 radical (unpaired) electrons. The minimum Gasteiger partial charge on any atom is -0.497 e. The van der Waals surface area contributed by atoms with Gasteiger partial charge in [-0.2, -0.15) is 0 Å². The highest BCUT2D eigenvalue weighted by atomic mass is 35.5. The lowest BCUT2D eigenvalue weighted by molar-refractivity contribution is -0.132. The van der Waals surface area contributed by atoms with Crippen molar-refractivity contribution >= 4 is 18.3 Å². The van der Waals surface area contributed by atoms with Crippen molar-refractivity contribution < 1.29 is 14.3 Å². The van der Waals surface area contributed by atoms with E-state index in [2.05, 4.69) is 12.2 Å². The van der Waals surface area contributed by atoms with E-state index in [9.17, 15) is 4.79 Å². The highest BCUT2D eigenvalue weighted by Gasteiger charge is 2.18. The maximum absolute atomic E-state index is 12.3. The van der Waals surface area contributed by atoms with Gasteiger partial charge < -0.3 is 19.7 Å². The van der Waals surface area contributed by atoms with E-state index < -0.39 is 0 Å². The number of hydrogen-bond acceptors (Lipinski definition) is 4. The van der Waals surface area contributed by atoms with Gasteiger partial charge >= 0.3 is 0 Å². The van der Waals surface area contributed by atoms with Crippen LogP contribution in [0.15, 0.2) is 24.3 Å². The molecule has 1 rings (SSSR count). The SMILES string of the molecule is CCN(C(=O)CNCCOC)C(C)Cc1ccc(OC)cc1.Cl. The normalized spacial score (nSPS) is 11.5. The number of hydrogen-bond donors (Lipinski definition) is 1. The van der Waals surface area contributed by atoms with Crippen molar-refractivity contribution in [2.45, 2.75) is 26.3 Å². The van der Waals surface area contributed by atoms with Crippen LogP contribution in [0.3, 0.4) is 0 Å². The molecule has 1 unspecified atom stereocenters. The summed E-state index contributed by atoms with van der Waals surface area (Å²) in [7, 11) is 3.31. The van der Waals surface area contributed by atoms with Crippen LogP contribution < -0.4 is 10.1 Å². The van der Waals surface area contributed by atoms with Crippen molar-refractivity contribution in [3.8, 4) is 5.75 Å². The summed E-state index contributed by atoms with van der Waals surface area (Å²) < 4.78 is 10.1. The molecule has 1 aromatic rings. The average Bonchev–Trinajstić information content (AvgIpc) is 2.53. The summed E-state index contributed by atoms with van der Waals surface area (Å²) in [6.45, 7) is 6.46. The van der Waals surface area contributed by atoms with Crippen LogP contribution in [0.2, 0.25) is 0 Å². The predicted molar refractivity (Wildman–Crippen MR) is 95.5 cm³/mol. The molecule has 23 heavy (non-hydrogen) atoms. The number of carbonyl (C=O) groups is 1. The molecule has 132 valence electrons. The zero-order chi connectivity index (χ0) is 16.4. The smallest absolute Gasteiger partial charge is 0.236 e. The number of rotatable bonds is 10. The second-order valence-corrected chi connectivity index (χ2v) is 5.25. The number of carbonyl (C=O) groups excluding carboxylic acids is 1. The number of amides is 1. The quantitative estimate of drug-likeness (QED) is 0.661. The first-order valence-corrected chi connectivity index (χ1v) is 7.74. The molecule has 1 atom stereocenters. The van der Waals surface area contributed by atoms with Gasteiger partial charge in [0.2, 0.25) is 5.91 Å². The molecule has 0 saturated carbocycles. The summed E-state index contributed by atoms with van der Waals surface area (Å²) in [6.07, 6.45) is 0.835. The molecule has 0 aliphatic rings. The molecule has 1 N–H and O–H groups in total. The summed E-state index contributed by atoms with van der Waals surface area (Å²) >= 11 is 0. The summed E-state index contributed by atoms with van der Waals surface area (Å²) in [5.74, 6) is 0.974. The Hall–Kier alpha value is -1.30. The molecule has 0 saturated heterocycles. The van der Waals surface area contributed by atoms with Crippen LogP contribution >= 0.6 is 12.4 Å². The van der Waals surface area contributed by atoms with Crippen molar-refractivity contribution in [3.05, 3.63) is 29.8 Å². The Morgan fingerprint density at radius 2 is 1.91 bits per heavy atom. The van der Waals surface area contributed by atoms with Gasteiger partial charge in [-0.25, -0.2) is 0 Å². The molecule has 1 amide bonds. The lowest BCUT2D eigenvalue weighted by Crippen LogP contribution is -2.44. The molecule has 0 spiro atoms. The van der Waals surface area contributed by atoms with E-state index >= 15 is 0 Å². The van der Waals surface area contributed by atoms with Crippen molar-refractivity contribution in [2.24, 2.45) is 0 Å². The minimum absolute atomic E-state index is 0. The Labute approximate surface area is 145 Å². The van der Waals surface area contributed by atoms with Gasteiger partial charge in [-0.1, -0.05) is 12.1 Å². The van der Waals surface area contributed by atoms with Gasteiger partial charge in [0.25, 0.3) is 0 Å². The largest absolute Gasteiger partial charge is 0.497 e. The third-order valence-corrected chi connectivity index (χ3v) is 3.64. The molecule has 0 aliphatic heterocycles. The zero-order valence-corrected chi connectivity index (χ0v) is 15.3. The number of halogens is 1. The second kappa shape index (κ2) is 12.2. The fourth-order valence-corrected chi connectivity index (χ4v) is 2.42. The van der Waals surface area contributed by atoms with Gasteiger partial charge in [0.05, 0.1) is 20.3 Å². The summed E-state index contributed by atoms with van der Waals surface area (Å²) in [6, 6.07) is 8.16. The number of benzene rings is 1. The van der Waals surface area contributed by atoms with E-state index in [4.69, 9.17) is 9.47 Å². The molecule has 0 aliphatic carbocycles. The van der Waals surface area contributed by atoms with Gasteiger partial charge in [-0.15, -0.1) is 12.4 Å². The average molecular weight is 345 g/mol. The van der Waals surface area contributed by atoms with Crippen LogP contribution in [0.25, 0.3) is 0 Å². The van der Waals surface area contributed by atoms with E-state index in [-0.39, 0.29) is 24.4 Å². The number of methoxy groups -OCH3 is 2. The van der Waals surface area contributed by atoms with E-state index in [1.165, 1.54) is 5.56 Å². The highest BCUT2D eigenvalue weighted by Crippen LogP contribution is 2.14. The molecular formula is C17H29ClN2O3. The number of likely N-dealkylation sites (N-methyl/N-ethyl adjacent to an activating group) is 1. The monoisotopic (exact) mass is 344 g/mol. The van der Waals surface area contributed by atoms with E-state index in [0.29, 0.717) is 26.2 Å². The first-order valence-electron chi connectivity index (χ1n) is 7.74. The van der Waals surface area contributed by atoms with Crippen LogP contribution in [-0.2, 0) is 16.0 Å². The highest BCUT2D eigenvalue weighted by molar-refractivity contribution is 5.85. The van der Waals surface area contributed by atoms with Crippen molar-refractivity contribution in [2.75, 3.05) is 40.5 Å². The van der Waals surface area contributed by atoms with Crippen molar-refractivity contribution in [1.29, 1.82) is 0 Å². The Morgan fingerprint density at radius 1 is 1.26 bits per heavy atom. The van der Waals surface area contributed by atoms with E-state index in [1.807, 2.05) is 36.1 Å². The number of nitrogens with one attached hydrogen (secondary N) is 1. The zero-order valence-electron chi connectivity index (χ0n) is 14.5. The topological polar surface area (TPSA) is 50.8 Å². The van der Waals surface area contributed by atoms with E-state index in [1.54, 1.807) is 14.2 Å². The molecule has 0 heterocycles. The van der Waals surface area contributed by atoms with Gasteiger partial charge in [-0.3, -0.25) is 4.79 Å². The minimum atomic E-state index is 0. The van der Waals surface area contributed by atoms with Gasteiger partial charge in [0.15, 0.2) is 0 Å². The van der Waals surface area contributed by atoms with Crippen LogP contribution in [0.4, 0.5) is 0 Å². The van der Waals surface area contributed by atoms with Crippen molar-refractivity contribution in [3.63, 3.8) is 0 Å². The second-order valence-electron chi connectivity index (χ2n) is 5.25. The molecule has 1 aromatic carbocycles. The van der Waals surface area contributed by atoms with Gasteiger partial charge in [-0.05, 0) is 38.0 Å². The molecule has 0 bridgehead atoms. The van der Waals surface area contributed by atoms with Crippen LogP contribution in [0.1, 0.15) is 19.4 Å². The number of nitrogens with zero attached hydrogens (tertiary/aromatic N) is 1. The summed E-state index contributed by atoms with van der Waals surface area (Å²) in [4.78, 5) is 14.2. The summed E-state index contributed by atoms with van der Waals surface area (Å²) in [5, 5.41) is 3.10. The Balaban J connectivity index is 0.00000484.